The molecule has 0 bridgehead atoms. The van der Waals surface area contributed by atoms with Gasteiger partial charge in [-0.25, -0.2) is 0 Å². The molecule has 0 aliphatic heterocycles. The van der Waals surface area contributed by atoms with Gasteiger partial charge in [-0.3, -0.25) is 0 Å². The summed E-state index contributed by atoms with van der Waals surface area (Å²) >= 11 is 0. The highest BCUT2D eigenvalue weighted by atomic mass is 28.4. The van der Waals surface area contributed by atoms with Gasteiger partial charge < -0.3 is 9.16 Å². The van der Waals surface area contributed by atoms with E-state index in [2.05, 4.69) is 83.3 Å². The molecule has 5 rings (SSSR count). The monoisotopic (exact) mass is 476 g/mol. The number of hydrogen-bond donors (Lipinski definition) is 0. The summed E-state index contributed by atoms with van der Waals surface area (Å²) in [5.41, 5.74) is 5.14. The van der Waals surface area contributed by atoms with Gasteiger partial charge in [-0.05, 0) is 127 Å². The molecule has 0 aromatic heterocycles. The maximum absolute atomic E-state index is 6.66. The zero-order valence-electron chi connectivity index (χ0n) is 22.4. The van der Waals surface area contributed by atoms with Crippen molar-refractivity contribution in [1.82, 2.24) is 0 Å². The second kappa shape index (κ2) is 8.43. The largest absolute Gasteiger partial charge is 0.543 e. The number of hydrogen-bond acceptors (Lipinski definition) is 2. The van der Waals surface area contributed by atoms with Crippen LogP contribution in [0, 0.1) is 17.3 Å². The zero-order valence-corrected chi connectivity index (χ0v) is 23.4. The molecule has 2 aromatic rings. The molecule has 0 amide bonds. The number of rotatable bonds is 4. The van der Waals surface area contributed by atoms with Crippen molar-refractivity contribution in [2.24, 2.45) is 17.3 Å². The second-order valence-electron chi connectivity index (χ2n) is 13.1. The predicted molar refractivity (Wildman–Crippen MR) is 145 cm³/mol. The third-order valence-corrected chi connectivity index (χ3v) is 14.8. The van der Waals surface area contributed by atoms with Crippen LogP contribution in [0.5, 0.6) is 11.5 Å². The van der Waals surface area contributed by atoms with Crippen molar-refractivity contribution >= 4 is 8.32 Å². The van der Waals surface area contributed by atoms with E-state index in [4.69, 9.17) is 9.16 Å². The molecule has 2 fully saturated rings. The van der Waals surface area contributed by atoms with E-state index in [9.17, 15) is 0 Å². The van der Waals surface area contributed by atoms with Crippen LogP contribution in [0.4, 0.5) is 0 Å². The summed E-state index contributed by atoms with van der Waals surface area (Å²) in [4.78, 5) is 0. The fourth-order valence-electron chi connectivity index (χ4n) is 7.45. The molecule has 2 nitrogen and oxygen atoms in total. The number of aryl methyl sites for hydroxylation is 1. The van der Waals surface area contributed by atoms with E-state index in [0.29, 0.717) is 11.3 Å². The number of benzene rings is 2. The number of methoxy groups -OCH3 is 1. The quantitative estimate of drug-likeness (QED) is 0.411. The minimum atomic E-state index is -1.81. The first-order chi connectivity index (χ1) is 16.0. The summed E-state index contributed by atoms with van der Waals surface area (Å²) in [5.74, 6) is 5.17. The van der Waals surface area contributed by atoms with Crippen LogP contribution in [0.3, 0.4) is 0 Å². The molecule has 3 aliphatic carbocycles. The molecule has 3 aliphatic rings. The normalized spacial score (nSPS) is 30.8. The van der Waals surface area contributed by atoms with E-state index in [1.165, 1.54) is 44.1 Å². The van der Waals surface area contributed by atoms with Gasteiger partial charge in [-0.15, -0.1) is 0 Å². The Morgan fingerprint density at radius 2 is 1.62 bits per heavy atom. The molecular formula is C31H44O2Si. The summed E-state index contributed by atoms with van der Waals surface area (Å²) < 4.78 is 12.1. The van der Waals surface area contributed by atoms with E-state index in [1.54, 1.807) is 18.2 Å². The highest BCUT2D eigenvalue weighted by Crippen LogP contribution is 2.65. The zero-order chi connectivity index (χ0) is 24.3. The maximum atomic E-state index is 6.66. The second-order valence-corrected chi connectivity index (χ2v) is 17.8. The molecule has 2 saturated carbocycles. The van der Waals surface area contributed by atoms with Crippen LogP contribution in [0.15, 0.2) is 42.5 Å². The summed E-state index contributed by atoms with van der Waals surface area (Å²) in [5, 5.41) is 0.227. The van der Waals surface area contributed by atoms with Gasteiger partial charge in [0.15, 0.2) is 0 Å². The van der Waals surface area contributed by atoms with Crippen LogP contribution in [0.2, 0.25) is 18.1 Å². The summed E-state index contributed by atoms with van der Waals surface area (Å²) in [6.07, 6.45) is 7.96. The average molecular weight is 477 g/mol. The van der Waals surface area contributed by atoms with Crippen LogP contribution in [0.1, 0.15) is 88.3 Å². The SMILES string of the molecule is COc1ccc([C@H]2CC[C@H]3[C@@H]4CCc5cc(O[Si](C)(C)C(C)(C)C)ccc5[C@H]4CC[C@]23C)cc1. The topological polar surface area (TPSA) is 18.5 Å². The lowest BCUT2D eigenvalue weighted by molar-refractivity contribution is 0.0482. The van der Waals surface area contributed by atoms with Gasteiger partial charge in [0, 0.05) is 0 Å². The van der Waals surface area contributed by atoms with Crippen molar-refractivity contribution in [3.05, 3.63) is 59.2 Å². The Morgan fingerprint density at radius 1 is 0.912 bits per heavy atom. The van der Waals surface area contributed by atoms with E-state index >= 15 is 0 Å². The first kappa shape index (κ1) is 24.0. The van der Waals surface area contributed by atoms with E-state index < -0.39 is 8.32 Å². The first-order valence-corrected chi connectivity index (χ1v) is 16.4. The van der Waals surface area contributed by atoms with Gasteiger partial charge in [-0.1, -0.05) is 45.9 Å². The Balaban J connectivity index is 1.36. The third-order valence-electron chi connectivity index (χ3n) is 10.4. The first-order valence-electron chi connectivity index (χ1n) is 13.5. The lowest BCUT2D eigenvalue weighted by atomic mass is 9.53. The molecule has 0 N–H and O–H groups in total. The van der Waals surface area contributed by atoms with Gasteiger partial charge in [0.2, 0.25) is 8.32 Å². The lowest BCUT2D eigenvalue weighted by Gasteiger charge is -2.51. The van der Waals surface area contributed by atoms with Gasteiger partial charge in [0.05, 0.1) is 7.11 Å². The Morgan fingerprint density at radius 3 is 2.29 bits per heavy atom. The molecule has 184 valence electrons. The van der Waals surface area contributed by atoms with Crippen LogP contribution in [-0.2, 0) is 6.42 Å². The highest BCUT2D eigenvalue weighted by Gasteiger charge is 2.55. The maximum Gasteiger partial charge on any atom is 0.250 e. The smallest absolute Gasteiger partial charge is 0.250 e. The van der Waals surface area contributed by atoms with Crippen molar-refractivity contribution in [3.8, 4) is 11.5 Å². The van der Waals surface area contributed by atoms with Gasteiger partial charge >= 0.3 is 0 Å². The lowest BCUT2D eigenvalue weighted by Crippen LogP contribution is -2.44. The molecular weight excluding hydrogens is 432 g/mol. The predicted octanol–water partition coefficient (Wildman–Crippen LogP) is 8.72. The van der Waals surface area contributed by atoms with E-state index in [0.717, 1.165) is 29.3 Å². The van der Waals surface area contributed by atoms with Crippen molar-refractivity contribution in [2.45, 2.75) is 96.2 Å². The Labute approximate surface area is 208 Å². The molecule has 0 spiro atoms. The molecule has 0 heterocycles. The molecule has 2 aromatic carbocycles. The third kappa shape index (κ3) is 3.92. The Kier molecular flexibility index (Phi) is 5.95. The fourth-order valence-corrected chi connectivity index (χ4v) is 8.48. The molecule has 3 heteroatoms. The molecule has 0 saturated heterocycles. The standard InChI is InChI=1S/C31H44O2Si/c1-30(2,3)34(6,7)33-24-13-15-25-22(20-24)10-14-27-26(25)18-19-31(4)28(16-17-29(27)31)21-8-11-23(32-5)12-9-21/h8-9,11-13,15,20,26-29H,10,14,16-19H2,1-7H3/t26-,27-,28-,29+,31-/m1/s1. The van der Waals surface area contributed by atoms with Crippen LogP contribution < -0.4 is 9.16 Å². The van der Waals surface area contributed by atoms with Gasteiger partial charge in [0.1, 0.15) is 11.5 Å². The highest BCUT2D eigenvalue weighted by molar-refractivity contribution is 6.74. The van der Waals surface area contributed by atoms with Gasteiger partial charge in [0.25, 0.3) is 0 Å². The summed E-state index contributed by atoms with van der Waals surface area (Å²) in [6, 6.07) is 16.1. The average Bonchev–Trinajstić information content (AvgIpc) is 3.15. The van der Waals surface area contributed by atoms with Crippen LogP contribution in [0.25, 0.3) is 0 Å². The fraction of sp³-hybridized carbons (Fsp3) is 0.613. The minimum Gasteiger partial charge on any atom is -0.543 e. The van der Waals surface area contributed by atoms with Crippen molar-refractivity contribution in [3.63, 3.8) is 0 Å². The number of fused-ring (bicyclic) bond motifs is 5. The van der Waals surface area contributed by atoms with Crippen LogP contribution in [-0.4, -0.2) is 15.4 Å². The summed E-state index contributed by atoms with van der Waals surface area (Å²) in [7, 11) is -0.0505. The Hall–Kier alpha value is -1.74. The molecule has 5 atom stereocenters. The number of ether oxygens (including phenoxy) is 1. The molecule has 0 unspecified atom stereocenters. The van der Waals surface area contributed by atoms with Crippen molar-refractivity contribution < 1.29 is 9.16 Å². The Bertz CT molecular complexity index is 1030. The molecule has 0 radical (unpaired) electrons. The van der Waals surface area contributed by atoms with E-state index in [1.807, 2.05) is 0 Å². The van der Waals surface area contributed by atoms with Crippen molar-refractivity contribution in [1.29, 1.82) is 0 Å². The van der Waals surface area contributed by atoms with Crippen molar-refractivity contribution in [2.75, 3.05) is 7.11 Å². The minimum absolute atomic E-state index is 0.227. The van der Waals surface area contributed by atoms with Crippen LogP contribution >= 0.6 is 0 Å². The molecule has 34 heavy (non-hydrogen) atoms. The van der Waals surface area contributed by atoms with E-state index in [-0.39, 0.29) is 5.04 Å². The van der Waals surface area contributed by atoms with Gasteiger partial charge in [-0.2, -0.15) is 0 Å². The summed E-state index contributed by atoms with van der Waals surface area (Å²) in [6.45, 7) is 14.3.